The average Bonchev–Trinajstić information content (AvgIpc) is 2.52. The van der Waals surface area contributed by atoms with E-state index in [4.69, 9.17) is 0 Å². The molecule has 0 bridgehead atoms. The van der Waals surface area contributed by atoms with Gasteiger partial charge in [-0.3, -0.25) is 14.5 Å². The summed E-state index contributed by atoms with van der Waals surface area (Å²) in [5.41, 5.74) is -0.454. The number of likely N-dealkylation sites (N-methyl/N-ethyl adjacent to an activating group) is 1. The van der Waals surface area contributed by atoms with Crippen LogP contribution in [0.25, 0.3) is 0 Å². The van der Waals surface area contributed by atoms with E-state index in [2.05, 4.69) is 10.6 Å². The highest BCUT2D eigenvalue weighted by Gasteiger charge is 2.22. The van der Waals surface area contributed by atoms with Crippen LogP contribution in [0.2, 0.25) is 0 Å². The summed E-state index contributed by atoms with van der Waals surface area (Å²) < 4.78 is 39.5. The first-order chi connectivity index (χ1) is 10.8. The van der Waals surface area contributed by atoms with Gasteiger partial charge in [0, 0.05) is 6.54 Å². The third-order valence-corrected chi connectivity index (χ3v) is 3.30. The van der Waals surface area contributed by atoms with Crippen molar-refractivity contribution < 1.29 is 22.8 Å². The lowest BCUT2D eigenvalue weighted by molar-refractivity contribution is -0.124. The van der Waals surface area contributed by atoms with Crippen molar-refractivity contribution in [2.24, 2.45) is 0 Å². The van der Waals surface area contributed by atoms with Gasteiger partial charge in [0.25, 0.3) is 0 Å². The minimum Gasteiger partial charge on any atom is -0.355 e. The van der Waals surface area contributed by atoms with E-state index in [0.29, 0.717) is 6.54 Å². The average molecular weight is 331 g/mol. The van der Waals surface area contributed by atoms with Gasteiger partial charge in [0.2, 0.25) is 11.8 Å². The summed E-state index contributed by atoms with van der Waals surface area (Å²) >= 11 is 0. The van der Waals surface area contributed by atoms with Crippen LogP contribution in [0.15, 0.2) is 12.1 Å². The largest absolute Gasteiger partial charge is 0.355 e. The minimum absolute atomic E-state index is 0.0190. The molecule has 5 nitrogen and oxygen atoms in total. The molecule has 0 saturated heterocycles. The van der Waals surface area contributed by atoms with Crippen LogP contribution in [0, 0.1) is 17.5 Å². The minimum atomic E-state index is -1.65. The number of nitrogens with zero attached hydrogens (tertiary/aromatic N) is 1. The molecule has 0 aromatic heterocycles. The lowest BCUT2D eigenvalue weighted by Crippen LogP contribution is -2.45. The molecule has 0 unspecified atom stereocenters. The molecule has 1 aromatic rings. The van der Waals surface area contributed by atoms with Crippen molar-refractivity contribution in [2.75, 3.05) is 25.5 Å². The summed E-state index contributed by atoms with van der Waals surface area (Å²) in [4.78, 5) is 25.1. The maximum Gasteiger partial charge on any atom is 0.241 e. The second kappa shape index (κ2) is 8.52. The first-order valence-corrected chi connectivity index (χ1v) is 7.19. The quantitative estimate of drug-likeness (QED) is 0.750. The van der Waals surface area contributed by atoms with E-state index < -0.39 is 35.1 Å². The van der Waals surface area contributed by atoms with Crippen molar-refractivity contribution >= 4 is 17.5 Å². The van der Waals surface area contributed by atoms with Gasteiger partial charge in [-0.25, -0.2) is 13.2 Å². The number of carbonyl (C=O) groups is 2. The maximum atomic E-state index is 13.5. The normalized spacial score (nSPS) is 12.1. The summed E-state index contributed by atoms with van der Waals surface area (Å²) in [5.74, 6) is -5.33. The smallest absolute Gasteiger partial charge is 0.241 e. The predicted molar refractivity (Wildman–Crippen MR) is 80.3 cm³/mol. The Morgan fingerprint density at radius 3 is 2.48 bits per heavy atom. The number of benzene rings is 1. The van der Waals surface area contributed by atoms with Gasteiger partial charge in [0.1, 0.15) is 0 Å². The molecule has 2 N–H and O–H groups in total. The van der Waals surface area contributed by atoms with E-state index in [-0.39, 0.29) is 12.5 Å². The summed E-state index contributed by atoms with van der Waals surface area (Å²) in [6.07, 6.45) is 0.793. The number of hydrogen-bond acceptors (Lipinski definition) is 3. The molecule has 0 saturated carbocycles. The van der Waals surface area contributed by atoms with Crippen molar-refractivity contribution in [3.8, 4) is 0 Å². The molecule has 1 atom stereocenters. The van der Waals surface area contributed by atoms with Crippen molar-refractivity contribution in [1.29, 1.82) is 0 Å². The van der Waals surface area contributed by atoms with Crippen LogP contribution in [0.4, 0.5) is 18.9 Å². The Balaban J connectivity index is 2.66. The molecule has 0 fully saturated rings. The number of rotatable bonds is 7. The topological polar surface area (TPSA) is 61.4 Å². The Hall–Kier alpha value is -2.09. The first kappa shape index (κ1) is 19.0. The molecule has 0 aliphatic rings. The highest BCUT2D eigenvalue weighted by Crippen LogP contribution is 2.20. The van der Waals surface area contributed by atoms with Gasteiger partial charge in [0.05, 0.1) is 18.3 Å². The fourth-order valence-corrected chi connectivity index (χ4v) is 1.74. The van der Waals surface area contributed by atoms with E-state index in [0.717, 1.165) is 18.6 Å². The van der Waals surface area contributed by atoms with Crippen molar-refractivity contribution in [3.05, 3.63) is 29.6 Å². The third-order valence-electron chi connectivity index (χ3n) is 3.30. The van der Waals surface area contributed by atoms with Crippen LogP contribution in [-0.4, -0.2) is 42.9 Å². The monoisotopic (exact) mass is 331 g/mol. The molecular weight excluding hydrogens is 311 g/mol. The van der Waals surface area contributed by atoms with Crippen LogP contribution in [0.1, 0.15) is 20.3 Å². The zero-order chi connectivity index (χ0) is 17.6. The number of amides is 2. The van der Waals surface area contributed by atoms with Crippen LogP contribution in [0.5, 0.6) is 0 Å². The first-order valence-electron chi connectivity index (χ1n) is 7.19. The van der Waals surface area contributed by atoms with Gasteiger partial charge in [-0.1, -0.05) is 6.92 Å². The predicted octanol–water partition coefficient (Wildman–Crippen LogP) is 1.89. The molecule has 0 radical (unpaired) electrons. The summed E-state index contributed by atoms with van der Waals surface area (Å²) in [5, 5.41) is 4.85. The molecule has 0 heterocycles. The number of anilines is 1. The SMILES string of the molecule is CCCNC(=O)CN(C)[C@@H](C)C(=O)Nc1ccc(F)c(F)c1F. The van der Waals surface area contributed by atoms with Gasteiger partial charge in [-0.05, 0) is 32.5 Å². The molecule has 2 amide bonds. The molecule has 0 aliphatic heterocycles. The fraction of sp³-hybridized carbons (Fsp3) is 0.467. The van der Waals surface area contributed by atoms with Crippen LogP contribution >= 0.6 is 0 Å². The van der Waals surface area contributed by atoms with Gasteiger partial charge in [-0.15, -0.1) is 0 Å². The fourth-order valence-electron chi connectivity index (χ4n) is 1.74. The third kappa shape index (κ3) is 5.24. The number of carbonyl (C=O) groups excluding carboxylic acids is 2. The van der Waals surface area contributed by atoms with E-state index in [1.165, 1.54) is 11.8 Å². The Labute approximate surface area is 132 Å². The lowest BCUT2D eigenvalue weighted by atomic mass is 10.2. The molecular formula is C15H20F3N3O2. The van der Waals surface area contributed by atoms with Crippen LogP contribution in [0.3, 0.4) is 0 Å². The van der Waals surface area contributed by atoms with Crippen molar-refractivity contribution in [2.45, 2.75) is 26.3 Å². The van der Waals surface area contributed by atoms with Gasteiger partial charge in [-0.2, -0.15) is 0 Å². The number of nitrogens with one attached hydrogen (secondary N) is 2. The van der Waals surface area contributed by atoms with E-state index in [1.54, 1.807) is 7.05 Å². The summed E-state index contributed by atoms with van der Waals surface area (Å²) in [6.45, 7) is 3.94. The van der Waals surface area contributed by atoms with Gasteiger partial charge in [0.15, 0.2) is 17.5 Å². The summed E-state index contributed by atoms with van der Waals surface area (Å²) in [7, 11) is 1.55. The van der Waals surface area contributed by atoms with Crippen molar-refractivity contribution in [1.82, 2.24) is 10.2 Å². The van der Waals surface area contributed by atoms with Crippen molar-refractivity contribution in [3.63, 3.8) is 0 Å². The lowest BCUT2D eigenvalue weighted by Gasteiger charge is -2.23. The molecule has 1 rings (SSSR count). The Bertz CT molecular complexity index is 581. The zero-order valence-corrected chi connectivity index (χ0v) is 13.3. The molecule has 23 heavy (non-hydrogen) atoms. The molecule has 0 spiro atoms. The van der Waals surface area contributed by atoms with Crippen LogP contribution in [-0.2, 0) is 9.59 Å². The van der Waals surface area contributed by atoms with Crippen LogP contribution < -0.4 is 10.6 Å². The van der Waals surface area contributed by atoms with Gasteiger partial charge >= 0.3 is 0 Å². The highest BCUT2D eigenvalue weighted by atomic mass is 19.2. The number of hydrogen-bond donors (Lipinski definition) is 2. The highest BCUT2D eigenvalue weighted by molar-refractivity contribution is 5.95. The molecule has 128 valence electrons. The second-order valence-corrected chi connectivity index (χ2v) is 5.15. The molecule has 0 aliphatic carbocycles. The standard InChI is InChI=1S/C15H20F3N3O2/c1-4-7-19-12(22)8-21(3)9(2)15(23)20-11-6-5-10(16)13(17)14(11)18/h5-6,9H,4,7-8H2,1-3H3,(H,19,22)(H,20,23)/t9-/m0/s1. The zero-order valence-electron chi connectivity index (χ0n) is 13.3. The summed E-state index contributed by atoms with van der Waals surface area (Å²) in [6, 6.07) is 0.891. The molecule has 1 aromatic carbocycles. The van der Waals surface area contributed by atoms with E-state index >= 15 is 0 Å². The second-order valence-electron chi connectivity index (χ2n) is 5.15. The van der Waals surface area contributed by atoms with E-state index in [9.17, 15) is 22.8 Å². The maximum absolute atomic E-state index is 13.5. The van der Waals surface area contributed by atoms with Gasteiger partial charge < -0.3 is 10.6 Å². The van der Waals surface area contributed by atoms with E-state index in [1.807, 2.05) is 6.92 Å². The molecule has 8 heteroatoms. The Kier molecular flexibility index (Phi) is 7.02. The Morgan fingerprint density at radius 1 is 1.22 bits per heavy atom. The number of halogens is 3. The Morgan fingerprint density at radius 2 is 1.87 bits per heavy atom.